The molecule has 1 aliphatic rings. The fourth-order valence-corrected chi connectivity index (χ4v) is 3.03. The Kier molecular flexibility index (Phi) is 3.14. The Morgan fingerprint density at radius 3 is 2.95 bits per heavy atom. The Morgan fingerprint density at radius 2 is 2.26 bits per heavy atom. The molecule has 102 valence electrons. The number of hydrogen-bond donors (Lipinski definition) is 3. The van der Waals surface area contributed by atoms with Crippen LogP contribution in [0.4, 0.5) is 5.82 Å². The molecule has 1 aliphatic heterocycles. The monoisotopic (exact) mass is 259 g/mol. The second-order valence-electron chi connectivity index (χ2n) is 5.27. The third-order valence-corrected chi connectivity index (χ3v) is 3.98. The zero-order chi connectivity index (χ0) is 13.3. The molecular formula is C14H21N5. The predicted octanol–water partition coefficient (Wildman–Crippen LogP) is 2.38. The highest BCUT2D eigenvalue weighted by atomic mass is 15.1. The van der Waals surface area contributed by atoms with Gasteiger partial charge < -0.3 is 15.6 Å². The van der Waals surface area contributed by atoms with Crippen LogP contribution in [0.15, 0.2) is 12.1 Å². The van der Waals surface area contributed by atoms with Crippen LogP contribution in [0, 0.1) is 0 Å². The van der Waals surface area contributed by atoms with Crippen molar-refractivity contribution in [2.24, 2.45) is 0 Å². The largest absolute Gasteiger partial charge is 0.373 e. The fraction of sp³-hybridized carbons (Fsp3) is 0.571. The van der Waals surface area contributed by atoms with Crippen LogP contribution in [0.5, 0.6) is 0 Å². The summed E-state index contributed by atoms with van der Waals surface area (Å²) >= 11 is 0. The van der Waals surface area contributed by atoms with E-state index >= 15 is 0 Å². The highest BCUT2D eigenvalue weighted by Gasteiger charge is 2.37. The van der Waals surface area contributed by atoms with Gasteiger partial charge >= 0.3 is 0 Å². The number of anilines is 1. The zero-order valence-corrected chi connectivity index (χ0v) is 11.6. The molecule has 0 bridgehead atoms. The van der Waals surface area contributed by atoms with Crippen molar-refractivity contribution in [2.45, 2.75) is 38.1 Å². The molecule has 0 spiro atoms. The van der Waals surface area contributed by atoms with E-state index in [0.717, 1.165) is 48.6 Å². The van der Waals surface area contributed by atoms with Crippen LogP contribution >= 0.6 is 0 Å². The Bertz CT molecular complexity index is 568. The summed E-state index contributed by atoms with van der Waals surface area (Å²) in [7, 11) is 1.87. The molecule has 19 heavy (non-hydrogen) atoms. The highest BCUT2D eigenvalue weighted by Crippen LogP contribution is 2.34. The van der Waals surface area contributed by atoms with E-state index in [1.54, 1.807) is 0 Å². The molecule has 3 N–H and O–H groups in total. The summed E-state index contributed by atoms with van der Waals surface area (Å²) < 4.78 is 0. The van der Waals surface area contributed by atoms with Gasteiger partial charge in [-0.15, -0.1) is 0 Å². The van der Waals surface area contributed by atoms with E-state index in [9.17, 15) is 0 Å². The summed E-state index contributed by atoms with van der Waals surface area (Å²) in [6.45, 7) is 3.30. The fourth-order valence-electron chi connectivity index (χ4n) is 3.03. The summed E-state index contributed by atoms with van der Waals surface area (Å²) in [5.74, 6) is 1.90. The van der Waals surface area contributed by atoms with Gasteiger partial charge in [-0.3, -0.25) is 0 Å². The maximum Gasteiger partial charge on any atom is 0.179 e. The molecule has 0 saturated carbocycles. The summed E-state index contributed by atoms with van der Waals surface area (Å²) in [6.07, 6.45) is 4.64. The van der Waals surface area contributed by atoms with E-state index in [2.05, 4.69) is 27.5 Å². The lowest BCUT2D eigenvalue weighted by molar-refractivity contribution is 0.338. The molecule has 3 rings (SSSR count). The van der Waals surface area contributed by atoms with Crippen molar-refractivity contribution in [1.29, 1.82) is 0 Å². The van der Waals surface area contributed by atoms with Crippen LogP contribution in [0.1, 0.15) is 38.4 Å². The maximum atomic E-state index is 4.72. The van der Waals surface area contributed by atoms with Crippen molar-refractivity contribution >= 4 is 17.0 Å². The molecule has 1 unspecified atom stereocenters. The molecule has 2 aromatic heterocycles. The first-order valence-electron chi connectivity index (χ1n) is 7.07. The third-order valence-electron chi connectivity index (χ3n) is 3.98. The Balaban J connectivity index is 2.03. The van der Waals surface area contributed by atoms with Crippen molar-refractivity contribution in [1.82, 2.24) is 20.3 Å². The number of nitrogens with zero attached hydrogens (tertiary/aromatic N) is 2. The van der Waals surface area contributed by atoms with Crippen molar-refractivity contribution in [3.63, 3.8) is 0 Å². The first kappa shape index (κ1) is 12.4. The van der Waals surface area contributed by atoms with Gasteiger partial charge in [0.25, 0.3) is 0 Å². The molecule has 0 aliphatic carbocycles. The number of imidazole rings is 1. The number of aromatic amines is 1. The highest BCUT2D eigenvalue weighted by molar-refractivity contribution is 5.73. The molecule has 5 heteroatoms. The Hall–Kier alpha value is -1.62. The van der Waals surface area contributed by atoms with Crippen LogP contribution in [0.2, 0.25) is 0 Å². The molecular weight excluding hydrogens is 238 g/mol. The summed E-state index contributed by atoms with van der Waals surface area (Å²) in [5.41, 5.74) is 1.83. The molecule has 0 amide bonds. The normalized spacial score (nSPS) is 23.1. The Morgan fingerprint density at radius 1 is 1.37 bits per heavy atom. The molecule has 2 aromatic rings. The standard InChI is InChI=1S/C14H21N5/c1-3-7-14(8-4-9-16-14)13-17-10-5-6-11(15-2)18-12(10)19-13/h5-6,16H,3-4,7-9H2,1-2H3,(H2,15,17,18,19). The molecule has 3 heterocycles. The number of fused-ring (bicyclic) bond motifs is 1. The van der Waals surface area contributed by atoms with Gasteiger partial charge in [0.2, 0.25) is 0 Å². The van der Waals surface area contributed by atoms with E-state index in [4.69, 9.17) is 4.98 Å². The number of hydrogen-bond acceptors (Lipinski definition) is 4. The summed E-state index contributed by atoms with van der Waals surface area (Å²) in [5, 5.41) is 6.69. The summed E-state index contributed by atoms with van der Waals surface area (Å²) in [4.78, 5) is 12.7. The second-order valence-corrected chi connectivity index (χ2v) is 5.27. The topological polar surface area (TPSA) is 65.6 Å². The third kappa shape index (κ3) is 2.08. The minimum Gasteiger partial charge on any atom is -0.373 e. The Labute approximate surface area is 113 Å². The maximum absolute atomic E-state index is 4.72. The van der Waals surface area contributed by atoms with Gasteiger partial charge in [0.05, 0.1) is 11.1 Å². The molecule has 1 saturated heterocycles. The quantitative estimate of drug-likeness (QED) is 0.788. The van der Waals surface area contributed by atoms with E-state index < -0.39 is 0 Å². The lowest BCUT2D eigenvalue weighted by Gasteiger charge is -2.26. The molecule has 0 aromatic carbocycles. The molecule has 5 nitrogen and oxygen atoms in total. The van der Waals surface area contributed by atoms with Crippen molar-refractivity contribution in [3.05, 3.63) is 18.0 Å². The van der Waals surface area contributed by atoms with E-state index in [-0.39, 0.29) is 5.54 Å². The number of H-pyrrole nitrogens is 1. The number of pyridine rings is 1. The van der Waals surface area contributed by atoms with Crippen molar-refractivity contribution in [3.8, 4) is 0 Å². The van der Waals surface area contributed by atoms with Crippen LogP contribution in [0.3, 0.4) is 0 Å². The average Bonchev–Trinajstić information content (AvgIpc) is 3.05. The smallest absolute Gasteiger partial charge is 0.179 e. The minimum absolute atomic E-state index is 0.0231. The molecule has 1 fully saturated rings. The average molecular weight is 259 g/mol. The lowest BCUT2D eigenvalue weighted by atomic mass is 9.91. The minimum atomic E-state index is 0.0231. The van der Waals surface area contributed by atoms with Gasteiger partial charge in [0.15, 0.2) is 5.65 Å². The van der Waals surface area contributed by atoms with Gasteiger partial charge in [0, 0.05) is 7.05 Å². The van der Waals surface area contributed by atoms with E-state index in [0.29, 0.717) is 0 Å². The lowest BCUT2D eigenvalue weighted by Crippen LogP contribution is -2.37. The second kappa shape index (κ2) is 4.81. The SMILES string of the molecule is CCCC1(c2nc3nc(NC)ccc3[nH]2)CCCN1. The van der Waals surface area contributed by atoms with Gasteiger partial charge in [0.1, 0.15) is 11.6 Å². The van der Waals surface area contributed by atoms with Gasteiger partial charge in [-0.1, -0.05) is 13.3 Å². The van der Waals surface area contributed by atoms with Crippen LogP contribution in [-0.2, 0) is 5.54 Å². The van der Waals surface area contributed by atoms with Gasteiger partial charge in [-0.05, 0) is 37.9 Å². The first-order valence-corrected chi connectivity index (χ1v) is 7.07. The molecule has 1 atom stereocenters. The van der Waals surface area contributed by atoms with Crippen molar-refractivity contribution in [2.75, 3.05) is 18.9 Å². The van der Waals surface area contributed by atoms with Crippen molar-refractivity contribution < 1.29 is 0 Å². The number of rotatable bonds is 4. The van der Waals surface area contributed by atoms with Crippen LogP contribution in [-0.4, -0.2) is 28.5 Å². The first-order chi connectivity index (χ1) is 9.27. The van der Waals surface area contributed by atoms with Crippen LogP contribution < -0.4 is 10.6 Å². The van der Waals surface area contributed by atoms with Gasteiger partial charge in [-0.25, -0.2) is 9.97 Å². The van der Waals surface area contributed by atoms with Gasteiger partial charge in [-0.2, -0.15) is 0 Å². The van der Waals surface area contributed by atoms with E-state index in [1.165, 1.54) is 6.42 Å². The number of nitrogens with one attached hydrogen (secondary N) is 3. The predicted molar refractivity (Wildman–Crippen MR) is 77.3 cm³/mol. The van der Waals surface area contributed by atoms with Crippen LogP contribution in [0.25, 0.3) is 11.2 Å². The van der Waals surface area contributed by atoms with E-state index in [1.807, 2.05) is 19.2 Å². The summed E-state index contributed by atoms with van der Waals surface area (Å²) in [6, 6.07) is 4.01. The number of aromatic nitrogens is 3. The molecule has 0 radical (unpaired) electrons. The zero-order valence-electron chi connectivity index (χ0n) is 11.6.